The smallest absolute Gasteiger partial charge is 0.406 e. The van der Waals surface area contributed by atoms with Gasteiger partial charge < -0.3 is 4.74 Å². The molecule has 32 heavy (non-hydrogen) atoms. The molecule has 1 atom stereocenters. The molecule has 0 spiro atoms. The van der Waals surface area contributed by atoms with E-state index in [2.05, 4.69) is 24.0 Å². The number of hydrogen-bond acceptors (Lipinski definition) is 5. The number of aliphatic imine (C=N–C) groups is 1. The van der Waals surface area contributed by atoms with Crippen LogP contribution < -0.4 is 4.57 Å². The van der Waals surface area contributed by atoms with E-state index in [0.29, 0.717) is 11.8 Å². The van der Waals surface area contributed by atoms with E-state index in [0.717, 1.165) is 35.5 Å². The van der Waals surface area contributed by atoms with Gasteiger partial charge in [-0.15, -0.1) is 0 Å². The fourth-order valence-corrected chi connectivity index (χ4v) is 4.18. The third kappa shape index (κ3) is 3.57. The summed E-state index contributed by atoms with van der Waals surface area (Å²) in [5.74, 6) is -0.197. The minimum absolute atomic E-state index is 0.180. The predicted molar refractivity (Wildman–Crippen MR) is 117 cm³/mol. The van der Waals surface area contributed by atoms with Crippen LogP contribution in [0.4, 0.5) is 10.7 Å². The highest BCUT2D eigenvalue weighted by Crippen LogP contribution is 2.31. The number of aromatic nitrogens is 2. The number of likely N-dealkylation sites (N-methyl/N-ethyl adjacent to an activating group) is 1. The molecule has 0 bridgehead atoms. The molecule has 2 aliphatic heterocycles. The molecule has 1 unspecified atom stereocenters. The molecular formula is C23H28N5O4+. The molecule has 1 saturated heterocycles. The molecule has 0 aliphatic carbocycles. The summed E-state index contributed by atoms with van der Waals surface area (Å²) >= 11 is 0. The van der Waals surface area contributed by atoms with Crippen molar-refractivity contribution in [2.45, 2.75) is 46.1 Å². The molecule has 9 heteroatoms. The zero-order valence-corrected chi connectivity index (χ0v) is 18.9. The van der Waals surface area contributed by atoms with Gasteiger partial charge in [-0.3, -0.25) is 14.5 Å². The lowest BCUT2D eigenvalue weighted by Gasteiger charge is -2.32. The summed E-state index contributed by atoms with van der Waals surface area (Å²) in [6, 6.07) is 6.92. The van der Waals surface area contributed by atoms with Crippen LogP contribution in [0, 0.1) is 6.92 Å². The van der Waals surface area contributed by atoms with Gasteiger partial charge in [0.25, 0.3) is 5.91 Å². The van der Waals surface area contributed by atoms with Crippen LogP contribution in [0.25, 0.3) is 5.69 Å². The average molecular weight is 439 g/mol. The van der Waals surface area contributed by atoms with Crippen LogP contribution >= 0.6 is 0 Å². The minimum atomic E-state index is -0.800. The van der Waals surface area contributed by atoms with Gasteiger partial charge in [-0.2, -0.15) is 4.57 Å². The average Bonchev–Trinajstić information content (AvgIpc) is 3.29. The fraction of sp³-hybridized carbons (Fsp3) is 0.435. The number of unbranched alkanes of at least 4 members (excludes halogenated alkanes) is 1. The molecule has 1 aromatic heterocycles. The second kappa shape index (κ2) is 8.57. The Morgan fingerprint density at radius 2 is 1.91 bits per heavy atom. The molecule has 0 N–H and O–H groups in total. The molecule has 3 amide bonds. The minimum Gasteiger partial charge on any atom is -0.465 e. The first-order chi connectivity index (χ1) is 15.4. The molecule has 2 aliphatic rings. The summed E-state index contributed by atoms with van der Waals surface area (Å²) in [5, 5.41) is 0. The number of aryl methyl sites for hydroxylation is 2. The summed E-state index contributed by atoms with van der Waals surface area (Å²) in [6.45, 7) is 5.56. The van der Waals surface area contributed by atoms with Crippen LogP contribution in [0.3, 0.4) is 0 Å². The molecule has 0 radical (unpaired) electrons. The molecule has 3 heterocycles. The van der Waals surface area contributed by atoms with Crippen LogP contribution in [-0.2, 0) is 20.7 Å². The molecular weight excluding hydrogens is 410 g/mol. The summed E-state index contributed by atoms with van der Waals surface area (Å²) in [4.78, 5) is 44.9. The van der Waals surface area contributed by atoms with E-state index in [9.17, 15) is 14.4 Å². The number of amidine groups is 1. The summed E-state index contributed by atoms with van der Waals surface area (Å²) < 4.78 is 8.66. The third-order valence-corrected chi connectivity index (χ3v) is 5.81. The van der Waals surface area contributed by atoms with Gasteiger partial charge in [0.1, 0.15) is 24.1 Å². The zero-order chi connectivity index (χ0) is 23.0. The number of amides is 3. The highest BCUT2D eigenvalue weighted by atomic mass is 16.5. The summed E-state index contributed by atoms with van der Waals surface area (Å²) in [7, 11) is 1.56. The first-order valence-electron chi connectivity index (χ1n) is 10.9. The number of fused-ring (bicyclic) bond motifs is 3. The molecule has 1 fully saturated rings. The van der Waals surface area contributed by atoms with E-state index >= 15 is 0 Å². The maximum absolute atomic E-state index is 13.2. The normalized spacial score (nSPS) is 17.4. The van der Waals surface area contributed by atoms with Crippen molar-refractivity contribution in [3.8, 4) is 5.69 Å². The van der Waals surface area contributed by atoms with Gasteiger partial charge in [0, 0.05) is 7.05 Å². The molecule has 2 aromatic rings. The van der Waals surface area contributed by atoms with Gasteiger partial charge in [-0.25, -0.2) is 14.3 Å². The van der Waals surface area contributed by atoms with Crippen molar-refractivity contribution in [2.24, 2.45) is 4.99 Å². The van der Waals surface area contributed by atoms with E-state index in [1.807, 2.05) is 29.8 Å². The van der Waals surface area contributed by atoms with Crippen LogP contribution in [0.1, 0.15) is 44.0 Å². The number of ether oxygens (including phenoxy) is 1. The van der Waals surface area contributed by atoms with Gasteiger partial charge in [0.15, 0.2) is 0 Å². The molecule has 1 aromatic carbocycles. The standard InChI is InChI=1S/C23H28N5O4/c1-5-7-8-16-9-11-17(12-10-16)28-15(3)13-26-19-20(24-22(26)28)25(4)23(31)27(21(19)30)14-18(29)32-6-2/h9-13,19H,5-8,14H2,1-4H3/q+1. The van der Waals surface area contributed by atoms with Crippen LogP contribution in [0.15, 0.2) is 35.5 Å². The summed E-state index contributed by atoms with van der Waals surface area (Å²) in [6.07, 6.45) is 5.18. The van der Waals surface area contributed by atoms with Gasteiger partial charge in [-0.1, -0.05) is 30.5 Å². The lowest BCUT2D eigenvalue weighted by atomic mass is 10.1. The maximum Gasteiger partial charge on any atom is 0.406 e. The Balaban J connectivity index is 1.69. The van der Waals surface area contributed by atoms with Crippen molar-refractivity contribution in [3.05, 3.63) is 41.7 Å². The number of hydrogen-bond donors (Lipinski definition) is 0. The molecule has 9 nitrogen and oxygen atoms in total. The van der Waals surface area contributed by atoms with Crippen molar-refractivity contribution in [3.63, 3.8) is 0 Å². The Hall–Kier alpha value is -3.49. The second-order valence-electron chi connectivity index (χ2n) is 8.03. The zero-order valence-electron chi connectivity index (χ0n) is 18.9. The first kappa shape index (κ1) is 21.7. The fourth-order valence-electron chi connectivity index (χ4n) is 4.18. The van der Waals surface area contributed by atoms with E-state index in [4.69, 9.17) is 4.74 Å². The third-order valence-electron chi connectivity index (χ3n) is 5.81. The Bertz CT molecular complexity index is 1100. The topological polar surface area (TPSA) is 88.1 Å². The number of imidazole rings is 1. The van der Waals surface area contributed by atoms with E-state index in [-0.39, 0.29) is 6.61 Å². The number of carbonyl (C=O) groups is 3. The van der Waals surface area contributed by atoms with Gasteiger partial charge >= 0.3 is 17.9 Å². The largest absolute Gasteiger partial charge is 0.465 e. The molecule has 0 saturated carbocycles. The number of nitrogens with zero attached hydrogens (tertiary/aromatic N) is 5. The number of carbonyl (C=O) groups excluding carboxylic acids is 3. The van der Waals surface area contributed by atoms with Gasteiger partial charge in [-0.05, 0) is 44.4 Å². The van der Waals surface area contributed by atoms with Crippen molar-refractivity contribution in [2.75, 3.05) is 20.2 Å². The quantitative estimate of drug-likeness (QED) is 0.491. The highest BCUT2D eigenvalue weighted by molar-refractivity contribution is 6.19. The SMILES string of the molecule is CCCCc1ccc(-n2c(C)c[n+]3c2N=C2C3C(=O)N(CC(=O)OCC)C(=O)N2C)cc1. The van der Waals surface area contributed by atoms with E-state index in [1.54, 1.807) is 18.5 Å². The Morgan fingerprint density at radius 1 is 1.19 bits per heavy atom. The lowest BCUT2D eigenvalue weighted by molar-refractivity contribution is -0.676. The summed E-state index contributed by atoms with van der Waals surface area (Å²) in [5.41, 5.74) is 3.12. The molecule has 4 rings (SSSR count). The van der Waals surface area contributed by atoms with Crippen molar-refractivity contribution < 1.29 is 23.7 Å². The van der Waals surface area contributed by atoms with Crippen molar-refractivity contribution in [1.29, 1.82) is 0 Å². The predicted octanol–water partition coefficient (Wildman–Crippen LogP) is 2.46. The first-order valence-corrected chi connectivity index (χ1v) is 10.9. The highest BCUT2D eigenvalue weighted by Gasteiger charge is 2.53. The number of imide groups is 1. The van der Waals surface area contributed by atoms with Gasteiger partial charge in [0.2, 0.25) is 11.9 Å². The Kier molecular flexibility index (Phi) is 5.82. The Morgan fingerprint density at radius 3 is 2.56 bits per heavy atom. The van der Waals surface area contributed by atoms with Crippen LogP contribution in [-0.4, -0.2) is 58.3 Å². The van der Waals surface area contributed by atoms with Crippen LogP contribution in [0.5, 0.6) is 0 Å². The van der Waals surface area contributed by atoms with Gasteiger partial charge in [0.05, 0.1) is 6.61 Å². The monoisotopic (exact) mass is 438 g/mol. The van der Waals surface area contributed by atoms with Crippen LogP contribution in [0.2, 0.25) is 0 Å². The van der Waals surface area contributed by atoms with Crippen molar-refractivity contribution in [1.82, 2.24) is 14.4 Å². The second-order valence-corrected chi connectivity index (χ2v) is 8.03. The Labute approximate surface area is 186 Å². The lowest BCUT2D eigenvalue weighted by Crippen LogP contribution is -2.63. The van der Waals surface area contributed by atoms with E-state index < -0.39 is 30.5 Å². The molecule has 168 valence electrons. The van der Waals surface area contributed by atoms with E-state index in [1.165, 1.54) is 10.5 Å². The number of esters is 1. The maximum atomic E-state index is 13.2. The van der Waals surface area contributed by atoms with Crippen molar-refractivity contribution >= 4 is 29.7 Å². The number of rotatable bonds is 7. The number of benzene rings is 1. The number of urea groups is 1.